The van der Waals surface area contributed by atoms with Gasteiger partial charge in [0.2, 0.25) is 0 Å². The summed E-state index contributed by atoms with van der Waals surface area (Å²) in [6, 6.07) is 7.68. The summed E-state index contributed by atoms with van der Waals surface area (Å²) in [5.41, 5.74) is 1.50. The van der Waals surface area contributed by atoms with E-state index in [1.165, 1.54) is 0 Å². The highest BCUT2D eigenvalue weighted by molar-refractivity contribution is 5.75. The van der Waals surface area contributed by atoms with Gasteiger partial charge in [0.05, 0.1) is 0 Å². The van der Waals surface area contributed by atoms with E-state index in [4.69, 9.17) is 4.74 Å². The molecule has 0 saturated heterocycles. The van der Waals surface area contributed by atoms with Crippen LogP contribution >= 0.6 is 0 Å². The average Bonchev–Trinajstić information content (AvgIpc) is 2.25. The Morgan fingerprint density at radius 3 is 2.41 bits per heavy atom. The highest BCUT2D eigenvalue weighted by Crippen LogP contribution is 2.11. The van der Waals surface area contributed by atoms with E-state index in [1.54, 1.807) is 6.08 Å². The van der Waals surface area contributed by atoms with Crippen molar-refractivity contribution in [3.8, 4) is 0 Å². The van der Waals surface area contributed by atoms with E-state index in [2.05, 4.69) is 11.9 Å². The molecule has 0 aliphatic carbocycles. The van der Waals surface area contributed by atoms with Gasteiger partial charge < -0.3 is 10.1 Å². The first-order chi connectivity index (χ1) is 7.90. The first-order valence-electron chi connectivity index (χ1n) is 5.59. The largest absolute Gasteiger partial charge is 0.459 e. The van der Waals surface area contributed by atoms with Gasteiger partial charge in [-0.1, -0.05) is 24.8 Å². The molecule has 92 valence electrons. The number of esters is 1. The normalized spacial score (nSPS) is 10.8. The van der Waals surface area contributed by atoms with Crippen molar-refractivity contribution in [2.45, 2.75) is 26.4 Å². The van der Waals surface area contributed by atoms with Crippen LogP contribution in [-0.2, 0) is 9.53 Å². The van der Waals surface area contributed by atoms with Crippen LogP contribution in [0, 0.1) is 0 Å². The SMILES string of the molecule is C=Cc1ccc(NCC(=O)OC(C)(C)C)cc1. The number of carbonyl (C=O) groups excluding carboxylic acids is 1. The molecule has 0 radical (unpaired) electrons. The molecule has 0 aromatic heterocycles. The number of nitrogens with one attached hydrogen (secondary N) is 1. The Labute approximate surface area is 102 Å². The third-order valence-corrected chi connectivity index (χ3v) is 2.00. The van der Waals surface area contributed by atoms with Crippen LogP contribution in [-0.4, -0.2) is 18.1 Å². The van der Waals surface area contributed by atoms with Gasteiger partial charge in [0, 0.05) is 5.69 Å². The van der Waals surface area contributed by atoms with E-state index < -0.39 is 5.60 Å². The molecule has 0 bridgehead atoms. The smallest absolute Gasteiger partial charge is 0.325 e. The molecule has 0 atom stereocenters. The molecule has 1 aromatic carbocycles. The molecule has 3 nitrogen and oxygen atoms in total. The summed E-state index contributed by atoms with van der Waals surface area (Å²) >= 11 is 0. The van der Waals surface area contributed by atoms with Crippen molar-refractivity contribution in [3.05, 3.63) is 36.4 Å². The second-order valence-corrected chi connectivity index (χ2v) is 4.77. The molecule has 0 aliphatic rings. The van der Waals surface area contributed by atoms with E-state index in [9.17, 15) is 4.79 Å². The van der Waals surface area contributed by atoms with Crippen molar-refractivity contribution in [1.82, 2.24) is 0 Å². The lowest BCUT2D eigenvalue weighted by molar-refractivity contribution is -0.152. The molecule has 17 heavy (non-hydrogen) atoms. The molecular formula is C14H19NO2. The fourth-order valence-electron chi connectivity index (χ4n) is 1.29. The molecule has 0 unspecified atom stereocenters. The van der Waals surface area contributed by atoms with Gasteiger partial charge in [-0.15, -0.1) is 0 Å². The zero-order valence-corrected chi connectivity index (χ0v) is 10.6. The molecule has 1 N–H and O–H groups in total. The van der Waals surface area contributed by atoms with E-state index >= 15 is 0 Å². The van der Waals surface area contributed by atoms with Crippen LogP contribution in [0.15, 0.2) is 30.8 Å². The summed E-state index contributed by atoms with van der Waals surface area (Å²) in [7, 11) is 0. The maximum atomic E-state index is 11.5. The van der Waals surface area contributed by atoms with Crippen molar-refractivity contribution in [3.63, 3.8) is 0 Å². The fourth-order valence-corrected chi connectivity index (χ4v) is 1.29. The monoisotopic (exact) mass is 233 g/mol. The second kappa shape index (κ2) is 5.53. The fraction of sp³-hybridized carbons (Fsp3) is 0.357. The molecule has 1 rings (SSSR count). The molecule has 0 heterocycles. The third-order valence-electron chi connectivity index (χ3n) is 2.00. The van der Waals surface area contributed by atoms with Crippen LogP contribution in [0.1, 0.15) is 26.3 Å². The zero-order valence-electron chi connectivity index (χ0n) is 10.6. The van der Waals surface area contributed by atoms with E-state index in [1.807, 2.05) is 45.0 Å². The predicted molar refractivity (Wildman–Crippen MR) is 70.9 cm³/mol. The van der Waals surface area contributed by atoms with Gasteiger partial charge in [-0.05, 0) is 38.5 Å². The van der Waals surface area contributed by atoms with Gasteiger partial charge in [-0.2, -0.15) is 0 Å². The standard InChI is InChI=1S/C14H19NO2/c1-5-11-6-8-12(9-7-11)15-10-13(16)17-14(2,3)4/h5-9,15H,1,10H2,2-4H3. The number of anilines is 1. The first-order valence-corrected chi connectivity index (χ1v) is 5.59. The average molecular weight is 233 g/mol. The number of hydrogen-bond acceptors (Lipinski definition) is 3. The highest BCUT2D eigenvalue weighted by atomic mass is 16.6. The highest BCUT2D eigenvalue weighted by Gasteiger charge is 2.15. The summed E-state index contributed by atoms with van der Waals surface area (Å²) in [5, 5.41) is 3.01. The molecule has 0 saturated carbocycles. The molecule has 0 fully saturated rings. The number of carbonyl (C=O) groups is 1. The minimum Gasteiger partial charge on any atom is -0.459 e. The lowest BCUT2D eigenvalue weighted by atomic mass is 10.2. The number of benzene rings is 1. The van der Waals surface area contributed by atoms with Gasteiger partial charge in [-0.25, -0.2) is 0 Å². The molecule has 3 heteroatoms. The Hall–Kier alpha value is -1.77. The molecular weight excluding hydrogens is 214 g/mol. The van der Waals surface area contributed by atoms with Crippen LogP contribution in [0.4, 0.5) is 5.69 Å². The van der Waals surface area contributed by atoms with Gasteiger partial charge in [0.25, 0.3) is 0 Å². The third kappa shape index (κ3) is 5.20. The maximum Gasteiger partial charge on any atom is 0.325 e. The van der Waals surface area contributed by atoms with Crippen molar-refractivity contribution < 1.29 is 9.53 Å². The molecule has 0 amide bonds. The second-order valence-electron chi connectivity index (χ2n) is 4.77. The van der Waals surface area contributed by atoms with Crippen molar-refractivity contribution in [1.29, 1.82) is 0 Å². The topological polar surface area (TPSA) is 38.3 Å². The van der Waals surface area contributed by atoms with Crippen molar-refractivity contribution in [2.75, 3.05) is 11.9 Å². The Morgan fingerprint density at radius 1 is 1.35 bits per heavy atom. The molecule has 1 aromatic rings. The number of ether oxygens (including phenoxy) is 1. The molecule has 0 aliphatic heterocycles. The maximum absolute atomic E-state index is 11.5. The zero-order chi connectivity index (χ0) is 12.9. The Bertz CT molecular complexity index is 388. The van der Waals surface area contributed by atoms with Crippen LogP contribution < -0.4 is 5.32 Å². The first kappa shape index (κ1) is 13.3. The van der Waals surface area contributed by atoms with Crippen LogP contribution in [0.3, 0.4) is 0 Å². The van der Waals surface area contributed by atoms with E-state index in [0.29, 0.717) is 0 Å². The summed E-state index contributed by atoms with van der Waals surface area (Å²) in [4.78, 5) is 11.5. The van der Waals surface area contributed by atoms with Crippen molar-refractivity contribution in [2.24, 2.45) is 0 Å². The van der Waals surface area contributed by atoms with Gasteiger partial charge in [-0.3, -0.25) is 4.79 Å². The lowest BCUT2D eigenvalue weighted by Gasteiger charge is -2.19. The lowest BCUT2D eigenvalue weighted by Crippen LogP contribution is -2.28. The van der Waals surface area contributed by atoms with Gasteiger partial charge in [0.1, 0.15) is 12.1 Å². The molecule has 0 spiro atoms. The Balaban J connectivity index is 2.44. The quantitative estimate of drug-likeness (QED) is 0.812. The van der Waals surface area contributed by atoms with Crippen molar-refractivity contribution >= 4 is 17.7 Å². The van der Waals surface area contributed by atoms with Crippen LogP contribution in [0.25, 0.3) is 6.08 Å². The van der Waals surface area contributed by atoms with Gasteiger partial charge in [0.15, 0.2) is 0 Å². The predicted octanol–water partition coefficient (Wildman–Crippen LogP) is 3.08. The number of hydrogen-bond donors (Lipinski definition) is 1. The summed E-state index contributed by atoms with van der Waals surface area (Å²) in [5.74, 6) is -0.259. The summed E-state index contributed by atoms with van der Waals surface area (Å²) in [6.07, 6.45) is 1.78. The van der Waals surface area contributed by atoms with Gasteiger partial charge >= 0.3 is 5.97 Å². The number of rotatable bonds is 4. The minimum atomic E-state index is -0.439. The van der Waals surface area contributed by atoms with E-state index in [0.717, 1.165) is 11.3 Å². The summed E-state index contributed by atoms with van der Waals surface area (Å²) in [6.45, 7) is 9.40. The van der Waals surface area contributed by atoms with Crippen LogP contribution in [0.2, 0.25) is 0 Å². The summed E-state index contributed by atoms with van der Waals surface area (Å²) < 4.78 is 5.19. The van der Waals surface area contributed by atoms with E-state index in [-0.39, 0.29) is 12.5 Å². The Kier molecular flexibility index (Phi) is 4.32. The minimum absolute atomic E-state index is 0.171. The Morgan fingerprint density at radius 2 is 1.94 bits per heavy atom. The van der Waals surface area contributed by atoms with Crippen LogP contribution in [0.5, 0.6) is 0 Å².